The molecule has 0 aromatic rings. The number of allylic oxidation sites excluding steroid dienone is 4. The Morgan fingerprint density at radius 1 is 0.800 bits per heavy atom. The molecule has 0 nitrogen and oxygen atoms in total. The number of hydrogen-bond donors (Lipinski definition) is 0. The predicted octanol–water partition coefficient (Wildman–Crippen LogP) is 2.57. The van der Waals surface area contributed by atoms with Crippen molar-refractivity contribution in [2.75, 3.05) is 0 Å². The summed E-state index contributed by atoms with van der Waals surface area (Å²) in [5.74, 6) is 0. The topological polar surface area (TPSA) is 0 Å². The minimum atomic E-state index is -1.47. The minimum absolute atomic E-state index is 1.23. The fourth-order valence-corrected chi connectivity index (χ4v) is 0.763. The van der Waals surface area contributed by atoms with E-state index in [9.17, 15) is 8.78 Å². The summed E-state index contributed by atoms with van der Waals surface area (Å²) in [5, 5.41) is 0. The fraction of sp³-hybridized carbons (Fsp3) is 0.500. The van der Waals surface area contributed by atoms with Gasteiger partial charge in [0.2, 0.25) is 0 Å². The van der Waals surface area contributed by atoms with Gasteiger partial charge in [0.25, 0.3) is 0 Å². The maximum atomic E-state index is 12.9. The average Bonchev–Trinajstić information content (AvgIpc) is 1.79. The molecule has 0 saturated carbocycles. The van der Waals surface area contributed by atoms with Gasteiger partial charge in [-0.15, -0.1) is 0 Å². The van der Waals surface area contributed by atoms with E-state index in [1.54, 1.807) is 0 Å². The third kappa shape index (κ3) is 1.66. The zero-order valence-electron chi connectivity index (χ0n) is 6.07. The van der Waals surface area contributed by atoms with Crippen LogP contribution in [0.4, 0.5) is 8.78 Å². The lowest BCUT2D eigenvalue weighted by Gasteiger charge is -2.20. The first-order chi connectivity index (χ1) is 4.41. The number of alkyl halides is 2. The summed E-state index contributed by atoms with van der Waals surface area (Å²) in [7, 11) is 0. The van der Waals surface area contributed by atoms with Crippen LogP contribution in [0.25, 0.3) is 0 Å². The van der Waals surface area contributed by atoms with Gasteiger partial charge in [-0.3, -0.25) is 0 Å². The molecule has 0 spiro atoms. The summed E-state index contributed by atoms with van der Waals surface area (Å²) in [5.41, 5.74) is -2.93. The SMILES string of the molecule is CC1(F)C=CC(C)(F)C=C1. The quantitative estimate of drug-likeness (QED) is 0.458. The van der Waals surface area contributed by atoms with E-state index in [1.807, 2.05) is 0 Å². The van der Waals surface area contributed by atoms with Crippen LogP contribution in [0.1, 0.15) is 13.8 Å². The molecule has 0 aromatic carbocycles. The Balaban J connectivity index is 2.81. The highest BCUT2D eigenvalue weighted by atomic mass is 19.1. The Hall–Kier alpha value is -0.660. The molecule has 0 aromatic heterocycles. The molecular weight excluding hydrogens is 134 g/mol. The number of rotatable bonds is 0. The summed E-state index contributed by atoms with van der Waals surface area (Å²) < 4.78 is 25.7. The highest BCUT2D eigenvalue weighted by Crippen LogP contribution is 2.26. The summed E-state index contributed by atoms with van der Waals surface area (Å²) in [6.45, 7) is 2.77. The second kappa shape index (κ2) is 1.91. The average molecular weight is 144 g/mol. The van der Waals surface area contributed by atoms with Crippen LogP contribution in [0.2, 0.25) is 0 Å². The predicted molar refractivity (Wildman–Crippen MR) is 37.3 cm³/mol. The molecule has 0 N–H and O–H groups in total. The van der Waals surface area contributed by atoms with Gasteiger partial charge in [0, 0.05) is 0 Å². The van der Waals surface area contributed by atoms with Crippen molar-refractivity contribution in [3.8, 4) is 0 Å². The number of hydrogen-bond acceptors (Lipinski definition) is 0. The molecule has 2 heteroatoms. The fourth-order valence-electron chi connectivity index (χ4n) is 0.763. The molecule has 0 bridgehead atoms. The lowest BCUT2D eigenvalue weighted by molar-refractivity contribution is 0.281. The molecule has 0 unspecified atom stereocenters. The lowest BCUT2D eigenvalue weighted by atomic mass is 9.95. The molecule has 0 amide bonds. The van der Waals surface area contributed by atoms with E-state index in [4.69, 9.17) is 0 Å². The smallest absolute Gasteiger partial charge is 0.144 e. The molecule has 0 heterocycles. The van der Waals surface area contributed by atoms with Crippen molar-refractivity contribution in [3.05, 3.63) is 24.3 Å². The van der Waals surface area contributed by atoms with Crippen molar-refractivity contribution < 1.29 is 8.78 Å². The van der Waals surface area contributed by atoms with Crippen LogP contribution < -0.4 is 0 Å². The monoisotopic (exact) mass is 144 g/mol. The lowest BCUT2D eigenvalue weighted by Crippen LogP contribution is -2.21. The van der Waals surface area contributed by atoms with Crippen LogP contribution in [0.5, 0.6) is 0 Å². The third-order valence-corrected chi connectivity index (χ3v) is 1.47. The Morgan fingerprint density at radius 3 is 1.20 bits per heavy atom. The molecule has 10 heavy (non-hydrogen) atoms. The first kappa shape index (κ1) is 7.45. The van der Waals surface area contributed by atoms with Crippen LogP contribution in [-0.4, -0.2) is 11.3 Å². The van der Waals surface area contributed by atoms with Crippen molar-refractivity contribution in [1.82, 2.24) is 0 Å². The minimum Gasteiger partial charge on any atom is -0.235 e. The molecule has 1 aliphatic carbocycles. The zero-order chi connectivity index (χ0) is 7.83. The highest BCUT2D eigenvalue weighted by molar-refractivity contribution is 5.26. The molecule has 0 saturated heterocycles. The van der Waals surface area contributed by atoms with Crippen LogP contribution in [0.15, 0.2) is 24.3 Å². The maximum absolute atomic E-state index is 12.9. The standard InChI is InChI=1S/C8H10F2/c1-7(9)3-5-8(2,10)6-4-7/h3-6H,1-2H3. The van der Waals surface area contributed by atoms with Gasteiger partial charge in [-0.25, -0.2) is 8.78 Å². The van der Waals surface area contributed by atoms with E-state index >= 15 is 0 Å². The van der Waals surface area contributed by atoms with Gasteiger partial charge in [-0.2, -0.15) is 0 Å². The maximum Gasteiger partial charge on any atom is 0.144 e. The Morgan fingerprint density at radius 2 is 1.00 bits per heavy atom. The molecular formula is C8H10F2. The summed E-state index contributed by atoms with van der Waals surface area (Å²) >= 11 is 0. The van der Waals surface area contributed by atoms with Crippen molar-refractivity contribution in [2.24, 2.45) is 0 Å². The van der Waals surface area contributed by atoms with Gasteiger partial charge >= 0.3 is 0 Å². The molecule has 0 radical (unpaired) electrons. The van der Waals surface area contributed by atoms with Crippen LogP contribution in [0, 0.1) is 0 Å². The van der Waals surface area contributed by atoms with E-state index in [2.05, 4.69) is 0 Å². The largest absolute Gasteiger partial charge is 0.235 e. The zero-order valence-corrected chi connectivity index (χ0v) is 6.07. The van der Waals surface area contributed by atoms with Crippen molar-refractivity contribution in [1.29, 1.82) is 0 Å². The summed E-state index contributed by atoms with van der Waals surface area (Å²) in [4.78, 5) is 0. The van der Waals surface area contributed by atoms with E-state index in [1.165, 1.54) is 38.2 Å². The molecule has 0 aliphatic heterocycles. The second-order valence-corrected chi connectivity index (χ2v) is 2.97. The molecule has 1 rings (SSSR count). The van der Waals surface area contributed by atoms with Crippen LogP contribution in [0.3, 0.4) is 0 Å². The Kier molecular flexibility index (Phi) is 1.42. The van der Waals surface area contributed by atoms with E-state index in [0.717, 1.165) is 0 Å². The van der Waals surface area contributed by atoms with E-state index in [-0.39, 0.29) is 0 Å². The van der Waals surface area contributed by atoms with Gasteiger partial charge in [0.1, 0.15) is 11.3 Å². The van der Waals surface area contributed by atoms with Gasteiger partial charge in [0.05, 0.1) is 0 Å². The van der Waals surface area contributed by atoms with Crippen molar-refractivity contribution in [3.63, 3.8) is 0 Å². The third-order valence-electron chi connectivity index (χ3n) is 1.47. The Bertz CT molecular complexity index is 149. The summed E-state index contributed by atoms with van der Waals surface area (Å²) in [6, 6.07) is 0. The molecule has 1 aliphatic rings. The molecule has 0 atom stereocenters. The first-order valence-corrected chi connectivity index (χ1v) is 3.20. The Labute approximate surface area is 59.2 Å². The van der Waals surface area contributed by atoms with E-state index < -0.39 is 11.3 Å². The summed E-state index contributed by atoms with van der Waals surface area (Å²) in [6.07, 6.45) is 4.92. The molecule has 56 valence electrons. The van der Waals surface area contributed by atoms with Crippen molar-refractivity contribution in [2.45, 2.75) is 25.2 Å². The van der Waals surface area contributed by atoms with Gasteiger partial charge < -0.3 is 0 Å². The van der Waals surface area contributed by atoms with Gasteiger partial charge in [0.15, 0.2) is 0 Å². The first-order valence-electron chi connectivity index (χ1n) is 3.20. The van der Waals surface area contributed by atoms with Crippen LogP contribution >= 0.6 is 0 Å². The number of halogens is 2. The van der Waals surface area contributed by atoms with Crippen LogP contribution in [-0.2, 0) is 0 Å². The molecule has 0 fully saturated rings. The second-order valence-electron chi connectivity index (χ2n) is 2.97. The van der Waals surface area contributed by atoms with Gasteiger partial charge in [-0.05, 0) is 38.2 Å². The van der Waals surface area contributed by atoms with Gasteiger partial charge in [-0.1, -0.05) is 0 Å². The normalized spacial score (nSPS) is 46.0. The van der Waals surface area contributed by atoms with E-state index in [0.29, 0.717) is 0 Å². The van der Waals surface area contributed by atoms with Crippen molar-refractivity contribution >= 4 is 0 Å². The highest BCUT2D eigenvalue weighted by Gasteiger charge is 2.25.